The Hall–Kier alpha value is -4.45. The molecule has 0 radical (unpaired) electrons. The van der Waals surface area contributed by atoms with Crippen LogP contribution in [0.5, 0.6) is 11.8 Å². The van der Waals surface area contributed by atoms with Crippen molar-refractivity contribution in [1.82, 2.24) is 15.0 Å². The van der Waals surface area contributed by atoms with Crippen LogP contribution >= 0.6 is 0 Å². The topological polar surface area (TPSA) is 81.3 Å². The first-order valence-electron chi connectivity index (χ1n) is 10.7. The summed E-state index contributed by atoms with van der Waals surface area (Å²) in [7, 11) is 0. The maximum Gasteiger partial charge on any atom is 0.320 e. The Morgan fingerprint density at radius 2 is 1.48 bits per heavy atom. The lowest BCUT2D eigenvalue weighted by Gasteiger charge is -2.09. The molecule has 6 heteroatoms. The van der Waals surface area contributed by atoms with E-state index in [9.17, 15) is 5.11 Å². The maximum absolute atomic E-state index is 10.3. The average Bonchev–Trinajstić information content (AvgIpc) is 3.19. The Bertz CT molecular complexity index is 1660. The molecule has 0 saturated heterocycles. The van der Waals surface area contributed by atoms with Crippen molar-refractivity contribution in [2.24, 2.45) is 0 Å². The van der Waals surface area contributed by atoms with Gasteiger partial charge in [0.2, 0.25) is 0 Å². The molecule has 0 saturated carbocycles. The van der Waals surface area contributed by atoms with E-state index >= 15 is 0 Å². The van der Waals surface area contributed by atoms with Crippen LogP contribution in [0.4, 0.5) is 0 Å². The molecule has 6 nitrogen and oxygen atoms in total. The largest absolute Gasteiger partial charge is 0.507 e. The SMILES string of the molecule is CCOc1nc(-c2ccc3oc4cc5ccccc5cc4c3c2)nc(-c2ccccc2O)n1. The molecule has 0 aliphatic rings. The quantitative estimate of drug-likeness (QED) is 0.348. The van der Waals surface area contributed by atoms with Crippen LogP contribution in [0.2, 0.25) is 0 Å². The summed E-state index contributed by atoms with van der Waals surface area (Å²) in [4.78, 5) is 13.6. The van der Waals surface area contributed by atoms with Crippen LogP contribution in [0.3, 0.4) is 0 Å². The molecule has 2 heterocycles. The Labute approximate surface area is 189 Å². The fourth-order valence-electron chi connectivity index (χ4n) is 4.06. The second-order valence-corrected chi connectivity index (χ2v) is 7.72. The number of fused-ring (bicyclic) bond motifs is 4. The highest BCUT2D eigenvalue weighted by molar-refractivity contribution is 6.10. The Kier molecular flexibility index (Phi) is 4.43. The molecule has 4 aromatic carbocycles. The summed E-state index contributed by atoms with van der Waals surface area (Å²) < 4.78 is 11.7. The van der Waals surface area contributed by atoms with E-state index in [1.807, 2.05) is 43.3 Å². The van der Waals surface area contributed by atoms with Crippen LogP contribution in [0, 0.1) is 0 Å². The normalized spacial score (nSPS) is 11.4. The molecule has 33 heavy (non-hydrogen) atoms. The summed E-state index contributed by atoms with van der Waals surface area (Å²) in [6.45, 7) is 2.29. The van der Waals surface area contributed by atoms with Crippen molar-refractivity contribution in [3.8, 4) is 34.5 Å². The minimum absolute atomic E-state index is 0.0975. The van der Waals surface area contributed by atoms with Gasteiger partial charge in [0.25, 0.3) is 0 Å². The van der Waals surface area contributed by atoms with E-state index in [2.05, 4.69) is 39.2 Å². The summed E-state index contributed by atoms with van der Waals surface area (Å²) in [5, 5.41) is 14.6. The summed E-state index contributed by atoms with van der Waals surface area (Å²) in [6.07, 6.45) is 0. The zero-order valence-corrected chi connectivity index (χ0v) is 17.8. The Morgan fingerprint density at radius 1 is 0.758 bits per heavy atom. The number of rotatable bonds is 4. The number of ether oxygens (including phenoxy) is 1. The van der Waals surface area contributed by atoms with E-state index < -0.39 is 0 Å². The molecule has 0 bridgehead atoms. The van der Waals surface area contributed by atoms with Gasteiger partial charge in [-0.25, -0.2) is 4.98 Å². The van der Waals surface area contributed by atoms with Crippen molar-refractivity contribution in [3.05, 3.63) is 78.9 Å². The highest BCUT2D eigenvalue weighted by atomic mass is 16.5. The molecule has 6 rings (SSSR count). The number of phenolic OH excluding ortho intramolecular Hbond substituents is 1. The predicted molar refractivity (Wildman–Crippen MR) is 128 cm³/mol. The molecule has 6 aromatic rings. The zero-order chi connectivity index (χ0) is 22.4. The number of aromatic nitrogens is 3. The van der Waals surface area contributed by atoms with Gasteiger partial charge in [0.1, 0.15) is 16.9 Å². The lowest BCUT2D eigenvalue weighted by Crippen LogP contribution is -2.03. The van der Waals surface area contributed by atoms with Gasteiger partial charge >= 0.3 is 6.01 Å². The number of hydrogen-bond donors (Lipinski definition) is 1. The van der Waals surface area contributed by atoms with Crippen molar-refractivity contribution < 1.29 is 14.3 Å². The molecule has 0 unspecified atom stereocenters. The second-order valence-electron chi connectivity index (χ2n) is 7.72. The number of phenols is 1. The van der Waals surface area contributed by atoms with Crippen molar-refractivity contribution in [2.75, 3.05) is 6.61 Å². The van der Waals surface area contributed by atoms with E-state index in [-0.39, 0.29) is 11.8 Å². The molecule has 0 spiro atoms. The van der Waals surface area contributed by atoms with Crippen LogP contribution in [-0.2, 0) is 0 Å². The summed E-state index contributed by atoms with van der Waals surface area (Å²) in [5.74, 6) is 0.911. The van der Waals surface area contributed by atoms with E-state index in [0.717, 1.165) is 38.3 Å². The minimum atomic E-state index is 0.0975. The third kappa shape index (κ3) is 3.32. The van der Waals surface area contributed by atoms with Crippen molar-refractivity contribution in [1.29, 1.82) is 0 Å². The summed E-state index contributed by atoms with van der Waals surface area (Å²) >= 11 is 0. The molecule has 0 amide bonds. The van der Waals surface area contributed by atoms with E-state index in [1.54, 1.807) is 18.2 Å². The fourth-order valence-corrected chi connectivity index (χ4v) is 4.06. The standard InChI is InChI=1S/C27H19N3O3/c1-2-32-27-29-25(28-26(30-27)19-9-5-6-10-22(19)31)18-11-12-23-20(14-18)21-13-16-7-3-4-8-17(16)15-24(21)33-23/h3-15,31H,2H2,1H3. The molecule has 0 fully saturated rings. The van der Waals surface area contributed by atoms with E-state index in [4.69, 9.17) is 9.15 Å². The molecule has 0 atom stereocenters. The van der Waals surface area contributed by atoms with Crippen LogP contribution in [0.25, 0.3) is 55.5 Å². The molecule has 0 aliphatic heterocycles. The van der Waals surface area contributed by atoms with Crippen molar-refractivity contribution in [2.45, 2.75) is 6.92 Å². The van der Waals surface area contributed by atoms with Crippen LogP contribution in [-0.4, -0.2) is 26.7 Å². The van der Waals surface area contributed by atoms with E-state index in [1.165, 1.54) is 0 Å². The average molecular weight is 433 g/mol. The van der Waals surface area contributed by atoms with Gasteiger partial charge in [-0.1, -0.05) is 36.4 Å². The predicted octanol–water partition coefficient (Wildman–Crippen LogP) is 6.36. The molecule has 2 aromatic heterocycles. The second kappa shape index (κ2) is 7.60. The molecule has 0 aliphatic carbocycles. The monoisotopic (exact) mass is 433 g/mol. The Balaban J connectivity index is 1.55. The van der Waals surface area contributed by atoms with Crippen molar-refractivity contribution in [3.63, 3.8) is 0 Å². The first-order chi connectivity index (χ1) is 16.2. The van der Waals surface area contributed by atoms with Gasteiger partial charge in [-0.2, -0.15) is 9.97 Å². The first-order valence-corrected chi connectivity index (χ1v) is 10.7. The van der Waals surface area contributed by atoms with E-state index in [0.29, 0.717) is 23.8 Å². The smallest absolute Gasteiger partial charge is 0.320 e. The first kappa shape index (κ1) is 19.3. The molecular weight excluding hydrogens is 414 g/mol. The van der Waals surface area contributed by atoms with Gasteiger partial charge in [-0.15, -0.1) is 0 Å². The molecular formula is C27H19N3O3. The minimum Gasteiger partial charge on any atom is -0.507 e. The summed E-state index contributed by atoms with van der Waals surface area (Å²) in [6, 6.07) is 25.5. The highest BCUT2D eigenvalue weighted by Gasteiger charge is 2.16. The van der Waals surface area contributed by atoms with Gasteiger partial charge in [-0.05, 0) is 60.2 Å². The number of aromatic hydroxyl groups is 1. The van der Waals surface area contributed by atoms with Gasteiger partial charge in [0.05, 0.1) is 12.2 Å². The number of furan rings is 1. The summed E-state index contributed by atoms with van der Waals surface area (Å²) in [5.41, 5.74) is 2.95. The van der Waals surface area contributed by atoms with Crippen LogP contribution < -0.4 is 4.74 Å². The van der Waals surface area contributed by atoms with Crippen LogP contribution in [0.1, 0.15) is 6.92 Å². The number of benzene rings is 4. The fraction of sp³-hybridized carbons (Fsp3) is 0.0741. The third-order valence-electron chi connectivity index (χ3n) is 5.63. The lowest BCUT2D eigenvalue weighted by atomic mass is 10.0. The zero-order valence-electron chi connectivity index (χ0n) is 17.8. The van der Waals surface area contributed by atoms with Gasteiger partial charge < -0.3 is 14.3 Å². The van der Waals surface area contributed by atoms with Gasteiger partial charge in [-0.3, -0.25) is 0 Å². The Morgan fingerprint density at radius 3 is 2.30 bits per heavy atom. The van der Waals surface area contributed by atoms with Crippen molar-refractivity contribution >= 4 is 32.7 Å². The number of nitrogens with zero attached hydrogens (tertiary/aromatic N) is 3. The highest BCUT2D eigenvalue weighted by Crippen LogP contribution is 2.35. The maximum atomic E-state index is 10.3. The molecule has 1 N–H and O–H groups in total. The number of hydrogen-bond acceptors (Lipinski definition) is 6. The lowest BCUT2D eigenvalue weighted by molar-refractivity contribution is 0.312. The third-order valence-corrected chi connectivity index (χ3v) is 5.63. The number of para-hydroxylation sites is 1. The van der Waals surface area contributed by atoms with Crippen LogP contribution in [0.15, 0.2) is 83.3 Å². The van der Waals surface area contributed by atoms with Gasteiger partial charge in [0, 0.05) is 16.3 Å². The molecule has 160 valence electrons. The van der Waals surface area contributed by atoms with Gasteiger partial charge in [0.15, 0.2) is 11.6 Å².